The molecule has 0 aliphatic carbocycles. The number of esters is 1. The minimum atomic E-state index is -2.13. The fourth-order valence-corrected chi connectivity index (χ4v) is 8.96. The molecule has 3 aromatic rings. The molecule has 21 atom stereocenters. The van der Waals surface area contributed by atoms with Gasteiger partial charge in [-0.2, -0.15) is 0 Å². The molecule has 5 aliphatic rings. The Morgan fingerprint density at radius 1 is 0.551 bits per heavy atom. The monoisotopic (exact) mass is 1110 g/mol. The van der Waals surface area contributed by atoms with E-state index in [0.717, 1.165) is 24.3 Å². The Labute approximate surface area is 440 Å². The van der Waals surface area contributed by atoms with Gasteiger partial charge in [-0.05, 0) is 42.0 Å². The van der Waals surface area contributed by atoms with Gasteiger partial charge >= 0.3 is 5.97 Å². The van der Waals surface area contributed by atoms with Crippen molar-refractivity contribution in [2.24, 2.45) is 0 Å². The normalized spacial score (nSPS) is 36.9. The van der Waals surface area contributed by atoms with Crippen molar-refractivity contribution in [3.63, 3.8) is 0 Å². The zero-order valence-corrected chi connectivity index (χ0v) is 40.8. The minimum absolute atomic E-state index is 0.0642. The van der Waals surface area contributed by atoms with Gasteiger partial charge in [0.05, 0.1) is 32.5 Å². The highest BCUT2D eigenvalue weighted by atomic mass is 16.8. The van der Waals surface area contributed by atoms with Crippen LogP contribution in [0.2, 0.25) is 0 Å². The third-order valence-corrected chi connectivity index (χ3v) is 13.4. The molecule has 0 radical (unpaired) electrons. The molecule has 0 amide bonds. The molecular weight excluding hydrogens is 1050 g/mol. The van der Waals surface area contributed by atoms with Crippen molar-refractivity contribution in [2.75, 3.05) is 33.5 Å². The number of phenols is 3. The van der Waals surface area contributed by atoms with Gasteiger partial charge in [-0.25, -0.2) is 4.79 Å². The summed E-state index contributed by atoms with van der Waals surface area (Å²) < 4.78 is 63.3. The maximum absolute atomic E-state index is 13.2. The van der Waals surface area contributed by atoms with E-state index in [4.69, 9.17) is 52.1 Å². The Morgan fingerprint density at radius 3 is 1.68 bits per heavy atom. The number of methoxy groups -OCH3 is 1. The summed E-state index contributed by atoms with van der Waals surface area (Å²) in [6, 6.07) is 9.83. The second kappa shape index (κ2) is 24.7. The van der Waals surface area contributed by atoms with Gasteiger partial charge in [0.1, 0.15) is 121 Å². The van der Waals surface area contributed by atoms with E-state index < -0.39 is 173 Å². The molecule has 0 aromatic heterocycles. The van der Waals surface area contributed by atoms with Crippen molar-refractivity contribution in [1.29, 1.82) is 0 Å². The number of hydrogen-bond donors (Lipinski definition) is 17. The topological polar surface area (TPSA) is 463 Å². The lowest BCUT2D eigenvalue weighted by atomic mass is 9.97. The molecule has 17 N–H and O–H groups in total. The van der Waals surface area contributed by atoms with Crippen molar-refractivity contribution in [2.45, 2.75) is 129 Å². The van der Waals surface area contributed by atoms with Gasteiger partial charge in [-0.15, -0.1) is 0 Å². The van der Waals surface area contributed by atoms with E-state index in [-0.39, 0.29) is 51.2 Å². The largest absolute Gasteiger partial charge is 0.508 e. The van der Waals surface area contributed by atoms with Crippen LogP contribution in [0, 0.1) is 0 Å². The predicted molar refractivity (Wildman–Crippen MR) is 251 cm³/mol. The third kappa shape index (κ3) is 12.2. The zero-order valence-electron chi connectivity index (χ0n) is 40.8. The molecule has 0 bridgehead atoms. The van der Waals surface area contributed by atoms with Gasteiger partial charge in [-0.1, -0.05) is 12.1 Å². The summed E-state index contributed by atoms with van der Waals surface area (Å²) in [7, 11) is 1.26. The fraction of sp³-hybridized carbons (Fsp3) is 0.531. The second-order valence-corrected chi connectivity index (χ2v) is 18.6. The smallest absolute Gasteiger partial charge is 0.330 e. The van der Waals surface area contributed by atoms with Crippen LogP contribution in [0.5, 0.6) is 40.2 Å². The van der Waals surface area contributed by atoms with Crippen molar-refractivity contribution < 1.29 is 144 Å². The van der Waals surface area contributed by atoms with Crippen LogP contribution in [0.15, 0.2) is 60.4 Å². The van der Waals surface area contributed by atoms with E-state index in [0.29, 0.717) is 0 Å². The van der Waals surface area contributed by atoms with Crippen molar-refractivity contribution in [1.82, 2.24) is 0 Å². The summed E-state index contributed by atoms with van der Waals surface area (Å²) >= 11 is 0. The fourth-order valence-electron chi connectivity index (χ4n) is 8.96. The van der Waals surface area contributed by atoms with Gasteiger partial charge in [0.25, 0.3) is 0 Å². The Hall–Kier alpha value is -5.75. The summed E-state index contributed by atoms with van der Waals surface area (Å²) in [5, 5.41) is 179. The highest BCUT2D eigenvalue weighted by molar-refractivity contribution is 5.87. The van der Waals surface area contributed by atoms with Crippen molar-refractivity contribution >= 4 is 18.1 Å². The number of fused-ring (bicyclic) bond motifs is 1. The standard InChI is InChI=1S/C49H60O29/c1-68-26-9-18(4-5-21(26)54)44-27(12-20-24(70-44)10-19(53)11-25(20)72-47-42(66)38(62)34(58)29(14-51)75-47)73-49-45(78-48-43(67)39(63)35(59)30(15-52)76-48)40(64)36(60)31(77-49)16-69-32(56)7-3-17-2-6-23(22(55)8-17)71-46-41(65)37(61)33(57)28(13-50)74-46/h2-12,28-31,33-55,57-67H,13-16H2,1H3/b7-3+/t28-,29-,30+,31-,33-,34-,35-,36-,37+,38+,39+,40+,41-,42+,43-,44?,45-,46-,47-,48+,49-/m1/s1. The molecule has 3 aromatic carbocycles. The van der Waals surface area contributed by atoms with Crippen LogP contribution in [0.3, 0.4) is 0 Å². The van der Waals surface area contributed by atoms with Crippen LogP contribution >= 0.6 is 0 Å². The number of rotatable bonds is 17. The first kappa shape index (κ1) is 58.4. The summed E-state index contributed by atoms with van der Waals surface area (Å²) in [4.78, 5) is 13.2. The lowest BCUT2D eigenvalue weighted by Gasteiger charge is -2.46. The molecule has 29 heteroatoms. The molecular formula is C49H60O29. The van der Waals surface area contributed by atoms with Crippen molar-refractivity contribution in [3.8, 4) is 40.2 Å². The lowest BCUT2D eigenvalue weighted by molar-refractivity contribution is -0.364. The summed E-state index contributed by atoms with van der Waals surface area (Å²) in [5.74, 6) is -3.48. The average molecular weight is 1110 g/mol. The Morgan fingerprint density at radius 2 is 1.10 bits per heavy atom. The van der Waals surface area contributed by atoms with Gasteiger partial charge in [-0.3, -0.25) is 0 Å². The number of carbonyl (C=O) groups excluding carboxylic acids is 1. The molecule has 4 saturated heterocycles. The van der Waals surface area contributed by atoms with E-state index in [1.807, 2.05) is 0 Å². The summed E-state index contributed by atoms with van der Waals surface area (Å²) in [5.41, 5.74) is 0.274. The van der Waals surface area contributed by atoms with Crippen LogP contribution in [0.1, 0.15) is 22.8 Å². The zero-order chi connectivity index (χ0) is 56.4. The Bertz CT molecular complexity index is 2590. The number of benzene rings is 3. The summed E-state index contributed by atoms with van der Waals surface area (Å²) in [6.45, 7) is -3.27. The van der Waals surface area contributed by atoms with Gasteiger partial charge in [0, 0.05) is 23.8 Å². The highest BCUT2D eigenvalue weighted by Gasteiger charge is 2.53. The maximum Gasteiger partial charge on any atom is 0.330 e. The molecule has 29 nitrogen and oxygen atoms in total. The van der Waals surface area contributed by atoms with E-state index in [1.165, 1.54) is 49.6 Å². The Kier molecular flexibility index (Phi) is 18.5. The van der Waals surface area contributed by atoms with Crippen molar-refractivity contribution in [3.05, 3.63) is 77.1 Å². The van der Waals surface area contributed by atoms with Gasteiger partial charge < -0.3 is 139 Å². The second-order valence-electron chi connectivity index (χ2n) is 18.6. The predicted octanol–water partition coefficient (Wildman–Crippen LogP) is -5.45. The average Bonchev–Trinajstić information content (AvgIpc) is 3.44. The lowest BCUT2D eigenvalue weighted by Crippen LogP contribution is -2.64. The number of carbonyl (C=O) groups is 1. The number of phenolic OH excluding ortho intramolecular Hbond substituents is 3. The van der Waals surface area contributed by atoms with Crippen LogP contribution in [0.4, 0.5) is 0 Å². The van der Waals surface area contributed by atoms with Crippen LogP contribution in [-0.4, -0.2) is 249 Å². The van der Waals surface area contributed by atoms with E-state index in [2.05, 4.69) is 0 Å². The highest BCUT2D eigenvalue weighted by Crippen LogP contribution is 2.47. The number of ether oxygens (including phenoxy) is 11. The van der Waals surface area contributed by atoms with Gasteiger partial charge in [0.15, 0.2) is 41.5 Å². The number of aromatic hydroxyl groups is 3. The molecule has 5 heterocycles. The molecule has 1 unspecified atom stereocenters. The number of aliphatic hydroxyl groups excluding tert-OH is 14. The first-order valence-corrected chi connectivity index (χ1v) is 24.0. The summed E-state index contributed by atoms with van der Waals surface area (Å²) in [6.07, 6.45) is -34.3. The molecule has 4 fully saturated rings. The number of aliphatic hydroxyl groups is 14. The SMILES string of the molecule is COc1cc(C2Oc3cc(O)cc(O[C@@H]4O[C@H](CO)[C@@H](O)[C@H](O)[C@@H]4O)c3C=C2O[C@@H]2O[C@H](COC(=O)/C=C/c3ccc(O[C@@H]4O[C@H](CO)[C@@H](O)[C@H](O)[C@H]4O)c(O)c3)[C@@H](O)[C@H](O)[C@H]2O[C@@H]2O[C@@H](CO)[C@@H](O)[C@H](O)[C@H]2O)ccc1O. The molecule has 78 heavy (non-hydrogen) atoms. The first-order chi connectivity index (χ1) is 37.2. The molecule has 5 aliphatic heterocycles. The Balaban J connectivity index is 1.08. The quantitative estimate of drug-likeness (QED) is 0.0443. The van der Waals surface area contributed by atoms with E-state index >= 15 is 0 Å². The molecule has 0 spiro atoms. The van der Waals surface area contributed by atoms with Crippen LogP contribution in [-0.2, 0) is 38.0 Å². The molecule has 0 saturated carbocycles. The van der Waals surface area contributed by atoms with E-state index in [1.54, 1.807) is 0 Å². The molecule has 430 valence electrons. The van der Waals surface area contributed by atoms with Crippen LogP contribution in [0.25, 0.3) is 12.2 Å². The van der Waals surface area contributed by atoms with Crippen LogP contribution < -0.4 is 18.9 Å². The van der Waals surface area contributed by atoms with E-state index in [9.17, 15) is 91.6 Å². The molecule has 8 rings (SSSR count). The third-order valence-electron chi connectivity index (χ3n) is 13.4. The van der Waals surface area contributed by atoms with Gasteiger partial charge in [0.2, 0.25) is 18.9 Å². The number of hydrogen-bond acceptors (Lipinski definition) is 29. The first-order valence-electron chi connectivity index (χ1n) is 24.0. The minimum Gasteiger partial charge on any atom is -0.508 e. The maximum atomic E-state index is 13.2.